The van der Waals surface area contributed by atoms with E-state index in [-0.39, 0.29) is 5.91 Å². The number of nitrogens with one attached hydrogen (secondary N) is 2. The molecule has 2 rings (SSSR count). The number of piperidine rings is 1. The predicted octanol–water partition coefficient (Wildman–Crippen LogP) is 2.46. The number of carbonyl (C=O) groups excluding carboxylic acids is 1. The van der Waals surface area contributed by atoms with Crippen LogP contribution in [0, 0.1) is 0 Å². The van der Waals surface area contributed by atoms with Crippen molar-refractivity contribution >= 4 is 11.6 Å². The Labute approximate surface area is 96.2 Å². The molecule has 0 unspecified atom stereocenters. The molecular weight excluding hydrogens is 200 g/mol. The van der Waals surface area contributed by atoms with Gasteiger partial charge in [-0.2, -0.15) is 0 Å². The summed E-state index contributed by atoms with van der Waals surface area (Å²) in [5.74, 6) is -0.0197. The molecule has 1 fully saturated rings. The highest BCUT2D eigenvalue weighted by Crippen LogP contribution is 2.24. The van der Waals surface area contributed by atoms with Crippen molar-refractivity contribution in [3.63, 3.8) is 0 Å². The van der Waals surface area contributed by atoms with Gasteiger partial charge < -0.3 is 10.6 Å². The third-order valence-electron chi connectivity index (χ3n) is 2.92. The van der Waals surface area contributed by atoms with Crippen molar-refractivity contribution in [1.82, 2.24) is 5.32 Å². The van der Waals surface area contributed by atoms with E-state index in [1.165, 1.54) is 31.7 Å². The highest BCUT2D eigenvalue weighted by Gasteiger charge is 2.14. The van der Waals surface area contributed by atoms with Crippen molar-refractivity contribution in [2.24, 2.45) is 0 Å². The minimum Gasteiger partial charge on any atom is -0.326 e. The molecule has 86 valence electrons. The van der Waals surface area contributed by atoms with Crippen LogP contribution < -0.4 is 10.6 Å². The minimum atomic E-state index is -0.0197. The molecule has 0 bridgehead atoms. The number of carbonyl (C=O) groups is 1. The van der Waals surface area contributed by atoms with Gasteiger partial charge in [-0.1, -0.05) is 18.6 Å². The van der Waals surface area contributed by atoms with E-state index >= 15 is 0 Å². The lowest BCUT2D eigenvalue weighted by molar-refractivity contribution is -0.114. The maximum absolute atomic E-state index is 11.0. The molecule has 0 aromatic heterocycles. The molecule has 0 saturated carbocycles. The fourth-order valence-electron chi connectivity index (χ4n) is 2.17. The molecule has 1 atom stereocenters. The lowest BCUT2D eigenvalue weighted by Gasteiger charge is -2.24. The highest BCUT2D eigenvalue weighted by atomic mass is 16.1. The minimum absolute atomic E-state index is 0.0197. The van der Waals surface area contributed by atoms with Crippen LogP contribution in [0.25, 0.3) is 0 Å². The molecule has 1 aromatic carbocycles. The first-order valence-corrected chi connectivity index (χ1v) is 5.86. The number of anilines is 1. The number of hydrogen-bond donors (Lipinski definition) is 2. The van der Waals surface area contributed by atoms with Gasteiger partial charge in [-0.3, -0.25) is 4.79 Å². The van der Waals surface area contributed by atoms with Gasteiger partial charge in [-0.05, 0) is 37.1 Å². The highest BCUT2D eigenvalue weighted by molar-refractivity contribution is 5.88. The van der Waals surface area contributed by atoms with Crippen LogP contribution in [0.4, 0.5) is 5.69 Å². The molecule has 1 aliphatic rings. The molecular formula is C13H18N2O. The van der Waals surface area contributed by atoms with E-state index in [2.05, 4.69) is 22.8 Å². The summed E-state index contributed by atoms with van der Waals surface area (Å²) in [5, 5.41) is 6.32. The van der Waals surface area contributed by atoms with Gasteiger partial charge in [0.15, 0.2) is 0 Å². The van der Waals surface area contributed by atoms with Crippen molar-refractivity contribution in [3.05, 3.63) is 29.8 Å². The van der Waals surface area contributed by atoms with Gasteiger partial charge in [-0.15, -0.1) is 0 Å². The van der Waals surface area contributed by atoms with Crippen molar-refractivity contribution in [2.45, 2.75) is 32.2 Å². The maximum atomic E-state index is 11.0. The van der Waals surface area contributed by atoms with Gasteiger partial charge in [0, 0.05) is 18.7 Å². The Bertz CT molecular complexity index is 370. The Morgan fingerprint density at radius 3 is 3.00 bits per heavy atom. The normalized spacial score (nSPS) is 20.4. The van der Waals surface area contributed by atoms with Crippen molar-refractivity contribution < 1.29 is 4.79 Å². The largest absolute Gasteiger partial charge is 0.326 e. The second-order valence-corrected chi connectivity index (χ2v) is 4.31. The number of benzene rings is 1. The summed E-state index contributed by atoms with van der Waals surface area (Å²) in [6.07, 6.45) is 3.73. The molecule has 1 aliphatic heterocycles. The second kappa shape index (κ2) is 5.12. The summed E-state index contributed by atoms with van der Waals surface area (Å²) in [5.41, 5.74) is 2.16. The summed E-state index contributed by atoms with van der Waals surface area (Å²) in [7, 11) is 0. The third kappa shape index (κ3) is 2.83. The standard InChI is InChI=1S/C13H18N2O/c1-10(16)15-12-6-4-5-11(9-12)13-7-2-3-8-14-13/h4-6,9,13-14H,2-3,7-8H2,1H3,(H,15,16)/t13-/m1/s1. The molecule has 2 N–H and O–H groups in total. The van der Waals surface area contributed by atoms with E-state index < -0.39 is 0 Å². The fraction of sp³-hybridized carbons (Fsp3) is 0.462. The Morgan fingerprint density at radius 2 is 2.31 bits per heavy atom. The van der Waals surface area contributed by atoms with Crippen LogP contribution in [0.5, 0.6) is 0 Å². The summed E-state index contributed by atoms with van der Waals surface area (Å²) in [4.78, 5) is 11.0. The SMILES string of the molecule is CC(=O)Nc1cccc([C@H]2CCCCN2)c1. The summed E-state index contributed by atoms with van der Waals surface area (Å²) in [6, 6.07) is 8.55. The lowest BCUT2D eigenvalue weighted by atomic mass is 9.97. The average Bonchev–Trinajstić information content (AvgIpc) is 2.30. The third-order valence-corrected chi connectivity index (χ3v) is 2.92. The van der Waals surface area contributed by atoms with Crippen molar-refractivity contribution in [1.29, 1.82) is 0 Å². The molecule has 3 nitrogen and oxygen atoms in total. The fourth-order valence-corrected chi connectivity index (χ4v) is 2.17. The zero-order chi connectivity index (χ0) is 11.4. The first-order valence-electron chi connectivity index (χ1n) is 5.86. The molecule has 1 heterocycles. The molecule has 3 heteroatoms. The number of rotatable bonds is 2. The monoisotopic (exact) mass is 218 g/mol. The topological polar surface area (TPSA) is 41.1 Å². The molecule has 16 heavy (non-hydrogen) atoms. The van der Waals surface area contributed by atoms with Gasteiger partial charge in [0.25, 0.3) is 0 Å². The van der Waals surface area contributed by atoms with E-state index in [9.17, 15) is 4.79 Å². The van der Waals surface area contributed by atoms with Gasteiger partial charge >= 0.3 is 0 Å². The summed E-state index contributed by atoms with van der Waals surface area (Å²) >= 11 is 0. The van der Waals surface area contributed by atoms with Crippen LogP contribution >= 0.6 is 0 Å². The number of hydrogen-bond acceptors (Lipinski definition) is 2. The summed E-state index contributed by atoms with van der Waals surface area (Å²) < 4.78 is 0. The Balaban J connectivity index is 2.11. The van der Waals surface area contributed by atoms with Crippen LogP contribution in [-0.4, -0.2) is 12.5 Å². The molecule has 1 saturated heterocycles. The average molecular weight is 218 g/mol. The predicted molar refractivity (Wildman–Crippen MR) is 65.3 cm³/mol. The second-order valence-electron chi connectivity index (χ2n) is 4.31. The smallest absolute Gasteiger partial charge is 0.221 e. The Kier molecular flexibility index (Phi) is 3.57. The molecule has 1 amide bonds. The first kappa shape index (κ1) is 11.1. The summed E-state index contributed by atoms with van der Waals surface area (Å²) in [6.45, 7) is 2.63. The van der Waals surface area contributed by atoms with E-state index in [0.717, 1.165) is 12.2 Å². The van der Waals surface area contributed by atoms with Crippen LogP contribution in [0.2, 0.25) is 0 Å². The van der Waals surface area contributed by atoms with Gasteiger partial charge in [0.05, 0.1) is 0 Å². The molecule has 0 spiro atoms. The van der Waals surface area contributed by atoms with E-state index in [1.807, 2.05) is 12.1 Å². The van der Waals surface area contributed by atoms with Gasteiger partial charge in [0.1, 0.15) is 0 Å². The van der Waals surface area contributed by atoms with Crippen molar-refractivity contribution in [3.8, 4) is 0 Å². The van der Waals surface area contributed by atoms with Crippen LogP contribution in [0.15, 0.2) is 24.3 Å². The molecule has 1 aromatic rings. The van der Waals surface area contributed by atoms with E-state index in [1.54, 1.807) is 0 Å². The quantitative estimate of drug-likeness (QED) is 0.800. The Hall–Kier alpha value is -1.35. The molecule has 0 aliphatic carbocycles. The van der Waals surface area contributed by atoms with Crippen LogP contribution in [0.3, 0.4) is 0 Å². The van der Waals surface area contributed by atoms with E-state index in [0.29, 0.717) is 6.04 Å². The van der Waals surface area contributed by atoms with Gasteiger partial charge in [0.2, 0.25) is 5.91 Å². The van der Waals surface area contributed by atoms with Crippen molar-refractivity contribution in [2.75, 3.05) is 11.9 Å². The zero-order valence-corrected chi connectivity index (χ0v) is 9.62. The number of amides is 1. The van der Waals surface area contributed by atoms with Crippen LogP contribution in [-0.2, 0) is 4.79 Å². The lowest BCUT2D eigenvalue weighted by Crippen LogP contribution is -2.26. The zero-order valence-electron chi connectivity index (χ0n) is 9.62. The van der Waals surface area contributed by atoms with Gasteiger partial charge in [-0.25, -0.2) is 0 Å². The molecule has 0 radical (unpaired) electrons. The Morgan fingerprint density at radius 1 is 1.44 bits per heavy atom. The van der Waals surface area contributed by atoms with Crippen LogP contribution in [0.1, 0.15) is 37.8 Å². The van der Waals surface area contributed by atoms with E-state index in [4.69, 9.17) is 0 Å². The first-order chi connectivity index (χ1) is 7.75. The maximum Gasteiger partial charge on any atom is 0.221 e.